The van der Waals surface area contributed by atoms with Crippen LogP contribution in [-0.2, 0) is 78.4 Å². The Labute approximate surface area is 608 Å². The quantitative estimate of drug-likeness (QED) is 0.0131. The number of fused-ring (bicyclic) bond motifs is 1. The Morgan fingerprint density at radius 2 is 1.11 bits per heavy atom. The molecule has 1 saturated heterocycles. The van der Waals surface area contributed by atoms with Gasteiger partial charge in [-0.2, -0.15) is 0 Å². The van der Waals surface area contributed by atoms with Crippen molar-refractivity contribution in [1.82, 2.24) is 73.4 Å². The van der Waals surface area contributed by atoms with Gasteiger partial charge in [0.1, 0.15) is 60.4 Å². The molecule has 31 nitrogen and oxygen atoms in total. The number of nitrogens with one attached hydrogen (secondary N) is 11. The normalized spacial score (nSPS) is 15.9. The van der Waals surface area contributed by atoms with Gasteiger partial charge in [-0.3, -0.25) is 72.7 Å². The number of aromatic nitrogens is 2. The maximum atomic E-state index is 14.9. The number of rotatable bonds is 38. The van der Waals surface area contributed by atoms with Gasteiger partial charge in [-0.1, -0.05) is 92.2 Å². The van der Waals surface area contributed by atoms with Gasteiger partial charge in [-0.25, -0.2) is 0 Å². The number of benzene rings is 3. The van der Waals surface area contributed by atoms with E-state index in [4.69, 9.17) is 28.8 Å². The van der Waals surface area contributed by atoms with E-state index >= 15 is 0 Å². The van der Waals surface area contributed by atoms with Gasteiger partial charge in [-0.05, 0) is 121 Å². The average Bonchev–Trinajstić information content (AvgIpc) is 1.42. The molecule has 11 amide bonds. The number of primary amides is 1. The summed E-state index contributed by atoms with van der Waals surface area (Å²) in [5.41, 5.74) is 18.9. The number of halogens is 1. The number of aliphatic imine (C=N–C) groups is 2. The van der Waals surface area contributed by atoms with Crippen molar-refractivity contribution in [2.24, 2.45) is 33.1 Å². The molecule has 7 rings (SSSR count). The third kappa shape index (κ3) is 25.9. The third-order valence-electron chi connectivity index (χ3n) is 17.4. The van der Waals surface area contributed by atoms with Crippen molar-refractivity contribution < 1.29 is 57.8 Å². The number of amides is 11. The van der Waals surface area contributed by atoms with Crippen molar-refractivity contribution in [1.29, 1.82) is 0 Å². The second kappa shape index (κ2) is 40.7. The van der Waals surface area contributed by atoms with Crippen molar-refractivity contribution in [2.45, 2.75) is 165 Å². The van der Waals surface area contributed by atoms with Gasteiger partial charge < -0.3 is 85.7 Å². The highest BCUT2D eigenvalue weighted by atomic mass is 35.5. The molecule has 558 valence electrons. The minimum atomic E-state index is -1.80. The summed E-state index contributed by atoms with van der Waals surface area (Å²) in [6, 6.07) is 12.8. The van der Waals surface area contributed by atoms with Crippen LogP contribution < -0.4 is 75.7 Å². The van der Waals surface area contributed by atoms with Crippen LogP contribution >= 0.6 is 11.6 Å². The van der Waals surface area contributed by atoms with E-state index in [1.165, 1.54) is 43.5 Å². The number of carbonyl (C=O) groups is 11. The number of aliphatic hydroxyl groups excluding tert-OH is 1. The van der Waals surface area contributed by atoms with Crippen LogP contribution in [0.5, 0.6) is 0 Å². The Morgan fingerprint density at radius 1 is 0.587 bits per heavy atom. The van der Waals surface area contributed by atoms with Crippen LogP contribution in [0, 0.1) is 5.92 Å². The summed E-state index contributed by atoms with van der Waals surface area (Å²) in [4.78, 5) is 174. The van der Waals surface area contributed by atoms with E-state index in [1.807, 2.05) is 56.3 Å². The topological polar surface area (TPSA) is 472 Å². The largest absolute Gasteiger partial charge is 0.394 e. The van der Waals surface area contributed by atoms with Crippen molar-refractivity contribution in [3.05, 3.63) is 143 Å². The minimum absolute atomic E-state index is 0.0338. The predicted molar refractivity (Wildman–Crippen MR) is 390 cm³/mol. The number of hydrogen-bond acceptors (Lipinski definition) is 18. The highest BCUT2D eigenvalue weighted by Gasteiger charge is 2.40. The summed E-state index contributed by atoms with van der Waals surface area (Å²) in [7, 11) is 0. The number of hydrogen-bond donors (Lipinski definition) is 15. The average molecular weight is 1460 g/mol. The van der Waals surface area contributed by atoms with Gasteiger partial charge in [0.25, 0.3) is 0 Å². The molecule has 32 heteroatoms. The Hall–Kier alpha value is -10.8. The van der Waals surface area contributed by atoms with E-state index in [-0.39, 0.29) is 82.8 Å². The van der Waals surface area contributed by atoms with E-state index in [0.29, 0.717) is 59.2 Å². The molecule has 0 radical (unpaired) electrons. The Morgan fingerprint density at radius 3 is 1.66 bits per heavy atom. The first-order valence-corrected chi connectivity index (χ1v) is 35.2. The first kappa shape index (κ1) is 80.5. The lowest BCUT2D eigenvalue weighted by molar-refractivity contribution is -0.142. The van der Waals surface area contributed by atoms with Crippen LogP contribution in [0.4, 0.5) is 0 Å². The first-order valence-electron chi connectivity index (χ1n) is 34.8. The highest BCUT2D eigenvalue weighted by molar-refractivity contribution is 6.30. The molecule has 2 aliphatic heterocycles. The first-order chi connectivity index (χ1) is 49.8. The zero-order valence-corrected chi connectivity index (χ0v) is 59.6. The van der Waals surface area contributed by atoms with Crippen LogP contribution in [0.1, 0.15) is 101 Å². The van der Waals surface area contributed by atoms with Gasteiger partial charge in [0.2, 0.25) is 65.0 Å². The number of likely N-dealkylation sites (tertiary alicyclic amines) is 1. The lowest BCUT2D eigenvalue weighted by atomic mass is 9.99. The molecule has 0 bridgehead atoms. The standard InChI is InChI=1S/C72H96ClN19O12/c1-42(2)33-54(63(97)86-53(18-10-29-80-72-81-30-12-31-82-72)70(104)92-32-11-19-60(92)69(103)83-43(3)61(74)95)87-66(100)57(37-47-13-7-26-77-39-47)88-62(96)52(17-9-28-79-71(75)76)85-68(102)59(41-93)91-67(101)58(38-48-14-8-27-78-40-48)90-65(99)56(35-45-21-24-51(73)25-22-45)89-64(98)55(84-44(4)94)36-46-20-23-49-15-5-6-16-50(49)34-46/h5-8,13-16,20-27,34,39-40,42-43,52-60,93H,9-12,17-19,28-33,35-38,41H2,1-4H3,(H2,74,95)(H,83,103)(H,84,94)(H,85,102)(H,86,97)(H,87,100)(H,88,96)(H,89,98)(H,90,99)(H,91,101)(H4,75,76,79)(H2,80,81,82)/t43-,52+,53+,54+,55-,56-,57-,58-,59+,60+/m1/s1. The van der Waals surface area contributed by atoms with E-state index < -0.39 is 132 Å². The molecule has 104 heavy (non-hydrogen) atoms. The molecule has 2 aromatic heterocycles. The molecule has 0 spiro atoms. The van der Waals surface area contributed by atoms with Crippen molar-refractivity contribution >= 4 is 99.3 Å². The van der Waals surface area contributed by atoms with Gasteiger partial charge in [-0.15, -0.1) is 0 Å². The molecule has 0 unspecified atom stereocenters. The lowest BCUT2D eigenvalue weighted by Crippen LogP contribution is -2.61. The monoisotopic (exact) mass is 1450 g/mol. The predicted octanol–water partition coefficient (Wildman–Crippen LogP) is -0.756. The lowest BCUT2D eigenvalue weighted by Gasteiger charge is -2.31. The molecule has 1 fully saturated rings. The third-order valence-corrected chi connectivity index (χ3v) is 17.6. The van der Waals surface area contributed by atoms with Crippen LogP contribution in [0.3, 0.4) is 0 Å². The number of guanidine groups is 2. The number of nitrogens with zero attached hydrogens (tertiary/aromatic N) is 5. The fourth-order valence-corrected chi connectivity index (χ4v) is 12.1. The molecule has 2 aliphatic rings. The van der Waals surface area contributed by atoms with Gasteiger partial charge in [0, 0.05) is 95.1 Å². The molecule has 4 heterocycles. The minimum Gasteiger partial charge on any atom is -0.394 e. The molecule has 3 aromatic carbocycles. The Bertz CT molecular complexity index is 3830. The SMILES string of the molecule is CC(=O)N[C@H](Cc1ccc2ccccc2c1)C(=O)N[C@H](Cc1ccc(Cl)cc1)C(=O)N[C@H](Cc1cccnc1)C(=O)N[C@@H](CO)C(=O)N[C@@H](CCCN=C(N)N)C(=O)N[C@H](Cc1cccnc1)C(=O)N[C@@H](CC(C)C)C(=O)N[C@@H](CCCNC1=NCCCN1)C(=O)N1CCC[C@H]1C(=O)N[C@H](C)C(N)=O. The number of carbonyl (C=O) groups excluding carboxylic acids is 11. The smallest absolute Gasteiger partial charge is 0.245 e. The molecular weight excluding hydrogens is 1360 g/mol. The molecule has 0 aliphatic carbocycles. The van der Waals surface area contributed by atoms with Gasteiger partial charge >= 0.3 is 0 Å². The molecule has 5 aromatic rings. The number of pyridine rings is 2. The Balaban J connectivity index is 1.11. The van der Waals surface area contributed by atoms with E-state index in [2.05, 4.69) is 78.4 Å². The van der Waals surface area contributed by atoms with Crippen molar-refractivity contribution in [3.63, 3.8) is 0 Å². The zero-order chi connectivity index (χ0) is 75.2. The van der Waals surface area contributed by atoms with Crippen LogP contribution in [-0.4, -0.2) is 197 Å². The van der Waals surface area contributed by atoms with E-state index in [9.17, 15) is 57.8 Å². The number of aliphatic hydroxyl groups is 1. The fourth-order valence-electron chi connectivity index (χ4n) is 11.9. The van der Waals surface area contributed by atoms with Gasteiger partial charge in [0.15, 0.2) is 11.9 Å². The summed E-state index contributed by atoms with van der Waals surface area (Å²) in [5.74, 6) is -8.55. The molecule has 18 N–H and O–H groups in total. The van der Waals surface area contributed by atoms with Crippen molar-refractivity contribution in [3.8, 4) is 0 Å². The van der Waals surface area contributed by atoms with Crippen LogP contribution in [0.2, 0.25) is 5.02 Å². The molecule has 0 saturated carbocycles. The summed E-state index contributed by atoms with van der Waals surface area (Å²) < 4.78 is 0. The maximum Gasteiger partial charge on any atom is 0.245 e. The summed E-state index contributed by atoms with van der Waals surface area (Å²) >= 11 is 6.24. The maximum absolute atomic E-state index is 14.9. The molecule has 10 atom stereocenters. The van der Waals surface area contributed by atoms with Crippen molar-refractivity contribution in [2.75, 3.05) is 39.3 Å². The second-order valence-corrected chi connectivity index (χ2v) is 26.6. The van der Waals surface area contributed by atoms with E-state index in [1.54, 1.807) is 48.5 Å². The summed E-state index contributed by atoms with van der Waals surface area (Å²) in [6.07, 6.45) is 7.30. The summed E-state index contributed by atoms with van der Waals surface area (Å²) in [6.45, 7) is 7.10. The zero-order valence-electron chi connectivity index (χ0n) is 58.8. The molecular formula is C72H96ClN19O12. The van der Waals surface area contributed by atoms with Crippen LogP contribution in [0.15, 0.2) is 126 Å². The van der Waals surface area contributed by atoms with Gasteiger partial charge in [0.05, 0.1) is 6.61 Å². The summed E-state index contributed by atoms with van der Waals surface area (Å²) in [5, 5.41) is 43.8. The highest BCUT2D eigenvalue weighted by Crippen LogP contribution is 2.22. The fraction of sp³-hybridized carbons (Fsp3) is 0.458. The number of nitrogens with two attached hydrogens (primary N) is 3. The van der Waals surface area contributed by atoms with E-state index in [0.717, 1.165) is 23.7 Å². The Kier molecular flexibility index (Phi) is 31.5. The van der Waals surface area contributed by atoms with Crippen LogP contribution in [0.25, 0.3) is 10.8 Å². The second-order valence-electron chi connectivity index (χ2n) is 26.2.